The maximum absolute atomic E-state index is 12.0. The van der Waals surface area contributed by atoms with Crippen LogP contribution in [-0.2, 0) is 9.53 Å². The van der Waals surface area contributed by atoms with Gasteiger partial charge in [-0.1, -0.05) is 6.42 Å². The summed E-state index contributed by atoms with van der Waals surface area (Å²) in [6, 6.07) is 0. The molecule has 2 fully saturated rings. The van der Waals surface area contributed by atoms with E-state index in [4.69, 9.17) is 9.84 Å². The topological polar surface area (TPSA) is 75.6 Å². The van der Waals surface area contributed by atoms with Crippen molar-refractivity contribution in [1.29, 1.82) is 0 Å². The van der Waals surface area contributed by atoms with Crippen molar-refractivity contribution in [2.45, 2.75) is 64.0 Å². The standard InChI is InChI=1S/C14H23NO4/c1-13(2,3)19-12(18)15-14(8-11(16)17)6-4-5-9-7-10(9)14/h9-10H,4-8H2,1-3H3,(H,15,18)(H,16,17). The summed E-state index contributed by atoms with van der Waals surface area (Å²) in [5.74, 6) is 0.0384. The molecule has 0 aliphatic heterocycles. The number of carbonyl (C=O) groups is 2. The number of hydrogen-bond donors (Lipinski definition) is 2. The minimum Gasteiger partial charge on any atom is -0.481 e. The van der Waals surface area contributed by atoms with Crippen LogP contribution in [0.25, 0.3) is 0 Å². The van der Waals surface area contributed by atoms with Gasteiger partial charge < -0.3 is 15.2 Å². The Morgan fingerprint density at radius 1 is 1.42 bits per heavy atom. The number of hydrogen-bond acceptors (Lipinski definition) is 3. The Hall–Kier alpha value is -1.26. The summed E-state index contributed by atoms with van der Waals surface area (Å²) in [7, 11) is 0. The second-order valence-corrected chi connectivity index (χ2v) is 6.85. The average molecular weight is 269 g/mol. The van der Waals surface area contributed by atoms with Gasteiger partial charge in [-0.3, -0.25) is 4.79 Å². The summed E-state index contributed by atoms with van der Waals surface area (Å²) in [5, 5.41) is 12.0. The van der Waals surface area contributed by atoms with Crippen LogP contribution in [0.4, 0.5) is 4.79 Å². The Morgan fingerprint density at radius 2 is 2.11 bits per heavy atom. The second kappa shape index (κ2) is 4.69. The molecule has 2 N–H and O–H groups in total. The van der Waals surface area contributed by atoms with Crippen LogP contribution in [0.15, 0.2) is 0 Å². The van der Waals surface area contributed by atoms with E-state index in [2.05, 4.69) is 5.32 Å². The van der Waals surface area contributed by atoms with Gasteiger partial charge in [0.2, 0.25) is 0 Å². The maximum Gasteiger partial charge on any atom is 0.408 e. The lowest BCUT2D eigenvalue weighted by molar-refractivity contribution is -0.139. The highest BCUT2D eigenvalue weighted by molar-refractivity contribution is 5.73. The number of rotatable bonds is 3. The fraction of sp³-hybridized carbons (Fsp3) is 0.857. The third-order valence-corrected chi connectivity index (χ3v) is 4.05. The monoisotopic (exact) mass is 269 g/mol. The number of carbonyl (C=O) groups excluding carboxylic acids is 1. The van der Waals surface area contributed by atoms with Crippen molar-refractivity contribution in [3.05, 3.63) is 0 Å². The molecule has 5 nitrogen and oxygen atoms in total. The molecule has 2 rings (SSSR count). The number of nitrogens with one attached hydrogen (secondary N) is 1. The molecule has 0 saturated heterocycles. The number of ether oxygens (including phenoxy) is 1. The van der Waals surface area contributed by atoms with Crippen LogP contribution < -0.4 is 5.32 Å². The average Bonchev–Trinajstić information content (AvgIpc) is 2.93. The summed E-state index contributed by atoms with van der Waals surface area (Å²) in [5.41, 5.74) is -1.16. The van der Waals surface area contributed by atoms with E-state index in [1.807, 2.05) is 0 Å². The molecule has 5 heteroatoms. The van der Waals surface area contributed by atoms with Gasteiger partial charge in [0.05, 0.1) is 12.0 Å². The zero-order valence-corrected chi connectivity index (χ0v) is 11.9. The smallest absolute Gasteiger partial charge is 0.408 e. The quantitative estimate of drug-likeness (QED) is 0.825. The number of fused-ring (bicyclic) bond motifs is 1. The lowest BCUT2D eigenvalue weighted by atomic mass is 9.79. The van der Waals surface area contributed by atoms with Crippen molar-refractivity contribution in [2.24, 2.45) is 11.8 Å². The Bertz CT molecular complexity index is 387. The molecule has 0 spiro atoms. The summed E-state index contributed by atoms with van der Waals surface area (Å²) in [6.07, 6.45) is 3.39. The lowest BCUT2D eigenvalue weighted by Crippen LogP contribution is -2.54. The number of alkyl carbamates (subject to hydrolysis) is 1. The van der Waals surface area contributed by atoms with Crippen molar-refractivity contribution in [2.75, 3.05) is 0 Å². The zero-order valence-electron chi connectivity index (χ0n) is 11.9. The van der Waals surface area contributed by atoms with Crippen LogP contribution in [0.2, 0.25) is 0 Å². The second-order valence-electron chi connectivity index (χ2n) is 6.85. The van der Waals surface area contributed by atoms with E-state index in [1.165, 1.54) is 0 Å². The van der Waals surface area contributed by atoms with Gasteiger partial charge >= 0.3 is 12.1 Å². The Morgan fingerprint density at radius 3 is 2.68 bits per heavy atom. The molecule has 108 valence electrons. The molecule has 0 aromatic heterocycles. The zero-order chi connectivity index (χ0) is 14.3. The van der Waals surface area contributed by atoms with E-state index in [0.29, 0.717) is 11.8 Å². The van der Waals surface area contributed by atoms with Crippen molar-refractivity contribution in [1.82, 2.24) is 5.32 Å². The molecule has 1 amide bonds. The molecule has 19 heavy (non-hydrogen) atoms. The van der Waals surface area contributed by atoms with Crippen LogP contribution in [0.1, 0.15) is 52.9 Å². The SMILES string of the molecule is CC(C)(C)OC(=O)NC1(CC(=O)O)CCCC2CC21. The first kappa shape index (κ1) is 14.2. The summed E-state index contributed by atoms with van der Waals surface area (Å²) in [4.78, 5) is 23.1. The van der Waals surface area contributed by atoms with E-state index in [1.54, 1.807) is 20.8 Å². The predicted molar refractivity (Wildman–Crippen MR) is 69.8 cm³/mol. The highest BCUT2D eigenvalue weighted by atomic mass is 16.6. The van der Waals surface area contributed by atoms with Gasteiger partial charge in [0, 0.05) is 0 Å². The van der Waals surface area contributed by atoms with Crippen LogP contribution in [-0.4, -0.2) is 28.3 Å². The van der Waals surface area contributed by atoms with Crippen molar-refractivity contribution >= 4 is 12.1 Å². The number of carboxylic acid groups (broad SMARTS) is 1. The largest absolute Gasteiger partial charge is 0.481 e. The molecular formula is C14H23NO4. The first-order chi connectivity index (χ1) is 8.72. The van der Waals surface area contributed by atoms with Gasteiger partial charge in [-0.05, 0) is 51.9 Å². The van der Waals surface area contributed by atoms with E-state index in [9.17, 15) is 9.59 Å². The number of aliphatic carboxylic acids is 1. The molecule has 0 radical (unpaired) electrons. The maximum atomic E-state index is 12.0. The third-order valence-electron chi connectivity index (χ3n) is 4.05. The molecule has 2 aliphatic rings. The van der Waals surface area contributed by atoms with Gasteiger partial charge in [0.1, 0.15) is 5.60 Å². The normalized spacial score (nSPS) is 33.2. The minimum absolute atomic E-state index is 0.00654. The van der Waals surface area contributed by atoms with Crippen LogP contribution in [0.5, 0.6) is 0 Å². The molecule has 0 aromatic carbocycles. The van der Waals surface area contributed by atoms with Crippen molar-refractivity contribution in [3.8, 4) is 0 Å². The van der Waals surface area contributed by atoms with E-state index in [0.717, 1.165) is 25.7 Å². The highest BCUT2D eigenvalue weighted by Crippen LogP contribution is 2.56. The molecule has 3 atom stereocenters. The molecule has 0 bridgehead atoms. The first-order valence-corrected chi connectivity index (χ1v) is 6.95. The Labute approximate surface area is 113 Å². The third kappa shape index (κ3) is 3.39. The minimum atomic E-state index is -0.858. The van der Waals surface area contributed by atoms with Gasteiger partial charge in [-0.25, -0.2) is 4.79 Å². The highest BCUT2D eigenvalue weighted by Gasteiger charge is 2.56. The molecule has 2 saturated carbocycles. The molecular weight excluding hydrogens is 246 g/mol. The fourth-order valence-corrected chi connectivity index (χ4v) is 3.30. The fourth-order valence-electron chi connectivity index (χ4n) is 3.30. The molecule has 3 unspecified atom stereocenters. The van der Waals surface area contributed by atoms with E-state index >= 15 is 0 Å². The number of carboxylic acids is 1. The molecule has 0 aromatic rings. The first-order valence-electron chi connectivity index (χ1n) is 6.95. The van der Waals surface area contributed by atoms with E-state index < -0.39 is 23.2 Å². The summed E-state index contributed by atoms with van der Waals surface area (Å²) in [6.45, 7) is 5.41. The van der Waals surface area contributed by atoms with Gasteiger partial charge in [0.15, 0.2) is 0 Å². The Balaban J connectivity index is 2.06. The van der Waals surface area contributed by atoms with Crippen LogP contribution in [0.3, 0.4) is 0 Å². The summed E-state index contributed by atoms with van der Waals surface area (Å²) < 4.78 is 5.27. The van der Waals surface area contributed by atoms with Crippen LogP contribution in [0, 0.1) is 11.8 Å². The summed E-state index contributed by atoms with van der Waals surface area (Å²) >= 11 is 0. The molecule has 2 aliphatic carbocycles. The number of amides is 1. The van der Waals surface area contributed by atoms with Crippen molar-refractivity contribution < 1.29 is 19.4 Å². The molecule has 0 heterocycles. The van der Waals surface area contributed by atoms with Crippen LogP contribution >= 0.6 is 0 Å². The van der Waals surface area contributed by atoms with Gasteiger partial charge in [-0.15, -0.1) is 0 Å². The Kier molecular flexibility index (Phi) is 3.49. The lowest BCUT2D eigenvalue weighted by Gasteiger charge is -2.37. The van der Waals surface area contributed by atoms with Crippen molar-refractivity contribution in [3.63, 3.8) is 0 Å². The van der Waals surface area contributed by atoms with E-state index in [-0.39, 0.29) is 6.42 Å². The van der Waals surface area contributed by atoms with Gasteiger partial charge in [0.25, 0.3) is 0 Å². The predicted octanol–water partition coefficient (Wildman–Crippen LogP) is 2.54. The van der Waals surface area contributed by atoms with Gasteiger partial charge in [-0.2, -0.15) is 0 Å².